The highest BCUT2D eigenvalue weighted by atomic mass is 16.5. The Hall–Kier alpha value is -2.23. The number of aromatic nitrogens is 1. The average molecular weight is 284 g/mol. The zero-order chi connectivity index (χ0) is 14.9. The summed E-state index contributed by atoms with van der Waals surface area (Å²) >= 11 is 0. The molecule has 0 saturated carbocycles. The highest BCUT2D eigenvalue weighted by molar-refractivity contribution is 5.50. The second-order valence-corrected chi connectivity index (χ2v) is 5.83. The van der Waals surface area contributed by atoms with E-state index in [4.69, 9.17) is 9.47 Å². The SMILES string of the molecule is CNc1ncccc1COc1cccc2c1OC(C)(C)C2. The van der Waals surface area contributed by atoms with E-state index in [2.05, 4.69) is 30.2 Å². The molecule has 1 aliphatic heterocycles. The maximum absolute atomic E-state index is 6.01. The van der Waals surface area contributed by atoms with Gasteiger partial charge in [0.1, 0.15) is 18.0 Å². The van der Waals surface area contributed by atoms with Crippen LogP contribution in [0.4, 0.5) is 5.82 Å². The van der Waals surface area contributed by atoms with Crippen molar-refractivity contribution in [1.82, 2.24) is 4.98 Å². The summed E-state index contributed by atoms with van der Waals surface area (Å²) in [6.45, 7) is 4.65. The Morgan fingerprint density at radius 1 is 1.29 bits per heavy atom. The number of anilines is 1. The van der Waals surface area contributed by atoms with Gasteiger partial charge < -0.3 is 14.8 Å². The first-order valence-corrected chi connectivity index (χ1v) is 7.14. The minimum atomic E-state index is -0.160. The standard InChI is InChI=1S/C17H20N2O2/c1-17(2)10-12-6-4-8-14(15(12)21-17)20-11-13-7-5-9-19-16(13)18-3/h4-9H,10-11H2,1-3H3,(H,18,19). The molecule has 21 heavy (non-hydrogen) atoms. The molecule has 110 valence electrons. The molecule has 4 nitrogen and oxygen atoms in total. The number of hydrogen-bond donors (Lipinski definition) is 1. The average Bonchev–Trinajstić information content (AvgIpc) is 2.79. The second-order valence-electron chi connectivity index (χ2n) is 5.83. The monoisotopic (exact) mass is 284 g/mol. The third-order valence-corrected chi connectivity index (χ3v) is 3.57. The van der Waals surface area contributed by atoms with Crippen LogP contribution in [0.25, 0.3) is 0 Å². The molecular formula is C17H20N2O2. The maximum atomic E-state index is 6.01. The van der Waals surface area contributed by atoms with Gasteiger partial charge in [-0.05, 0) is 26.0 Å². The Kier molecular flexibility index (Phi) is 3.45. The minimum Gasteiger partial charge on any atom is -0.485 e. The van der Waals surface area contributed by atoms with Gasteiger partial charge in [-0.15, -0.1) is 0 Å². The summed E-state index contributed by atoms with van der Waals surface area (Å²) in [5.41, 5.74) is 2.07. The highest BCUT2D eigenvalue weighted by Gasteiger charge is 2.32. The van der Waals surface area contributed by atoms with Gasteiger partial charge in [0.05, 0.1) is 0 Å². The number of benzene rings is 1. The predicted molar refractivity (Wildman–Crippen MR) is 83.0 cm³/mol. The fourth-order valence-corrected chi connectivity index (χ4v) is 2.64. The van der Waals surface area contributed by atoms with Gasteiger partial charge in [0.2, 0.25) is 0 Å². The fraction of sp³-hybridized carbons (Fsp3) is 0.353. The lowest BCUT2D eigenvalue weighted by atomic mass is 10.0. The van der Waals surface area contributed by atoms with Crippen molar-refractivity contribution in [3.63, 3.8) is 0 Å². The number of nitrogens with one attached hydrogen (secondary N) is 1. The van der Waals surface area contributed by atoms with Crippen LogP contribution in [0.3, 0.4) is 0 Å². The van der Waals surface area contributed by atoms with Crippen LogP contribution < -0.4 is 14.8 Å². The molecule has 0 bridgehead atoms. The molecule has 2 heterocycles. The van der Waals surface area contributed by atoms with Crippen molar-refractivity contribution in [2.75, 3.05) is 12.4 Å². The smallest absolute Gasteiger partial charge is 0.165 e. The van der Waals surface area contributed by atoms with Crippen LogP contribution in [0, 0.1) is 0 Å². The molecule has 1 aromatic heterocycles. The van der Waals surface area contributed by atoms with Gasteiger partial charge in [-0.3, -0.25) is 0 Å². The highest BCUT2D eigenvalue weighted by Crippen LogP contribution is 2.42. The lowest BCUT2D eigenvalue weighted by molar-refractivity contribution is 0.131. The van der Waals surface area contributed by atoms with Gasteiger partial charge in [0.25, 0.3) is 0 Å². The van der Waals surface area contributed by atoms with E-state index in [0.717, 1.165) is 29.3 Å². The van der Waals surface area contributed by atoms with Crippen molar-refractivity contribution in [3.8, 4) is 11.5 Å². The van der Waals surface area contributed by atoms with E-state index >= 15 is 0 Å². The topological polar surface area (TPSA) is 43.4 Å². The van der Waals surface area contributed by atoms with Gasteiger partial charge in [-0.2, -0.15) is 0 Å². The molecule has 0 aliphatic carbocycles. The number of pyridine rings is 1. The summed E-state index contributed by atoms with van der Waals surface area (Å²) in [7, 11) is 1.86. The van der Waals surface area contributed by atoms with E-state index in [1.807, 2.05) is 31.3 Å². The summed E-state index contributed by atoms with van der Waals surface area (Å²) in [6.07, 6.45) is 2.68. The minimum absolute atomic E-state index is 0.160. The van der Waals surface area contributed by atoms with Crippen LogP contribution in [0.2, 0.25) is 0 Å². The Balaban J connectivity index is 1.80. The summed E-state index contributed by atoms with van der Waals surface area (Å²) in [4.78, 5) is 4.28. The van der Waals surface area contributed by atoms with Crippen molar-refractivity contribution >= 4 is 5.82 Å². The molecule has 1 aliphatic rings. The Morgan fingerprint density at radius 3 is 2.95 bits per heavy atom. The number of para-hydroxylation sites is 1. The molecule has 1 aromatic carbocycles. The summed E-state index contributed by atoms with van der Waals surface area (Å²) < 4.78 is 12.0. The summed E-state index contributed by atoms with van der Waals surface area (Å²) in [5.74, 6) is 2.51. The predicted octanol–water partition coefficient (Wildman–Crippen LogP) is 3.42. The molecule has 0 spiro atoms. The second kappa shape index (κ2) is 5.28. The van der Waals surface area contributed by atoms with Crippen molar-refractivity contribution in [2.45, 2.75) is 32.5 Å². The number of hydrogen-bond acceptors (Lipinski definition) is 4. The third kappa shape index (κ3) is 2.79. The van der Waals surface area contributed by atoms with E-state index in [9.17, 15) is 0 Å². The molecule has 0 radical (unpaired) electrons. The van der Waals surface area contributed by atoms with Gasteiger partial charge in [-0.25, -0.2) is 4.98 Å². The van der Waals surface area contributed by atoms with Gasteiger partial charge in [-0.1, -0.05) is 18.2 Å². The van der Waals surface area contributed by atoms with Gasteiger partial charge in [0, 0.05) is 30.8 Å². The Bertz CT molecular complexity index is 653. The van der Waals surface area contributed by atoms with E-state index < -0.39 is 0 Å². The van der Waals surface area contributed by atoms with Gasteiger partial charge >= 0.3 is 0 Å². The Morgan fingerprint density at radius 2 is 2.14 bits per heavy atom. The number of nitrogens with zero attached hydrogens (tertiary/aromatic N) is 1. The fourth-order valence-electron chi connectivity index (χ4n) is 2.64. The largest absolute Gasteiger partial charge is 0.485 e. The van der Waals surface area contributed by atoms with Crippen LogP contribution in [0.5, 0.6) is 11.5 Å². The lowest BCUT2D eigenvalue weighted by Crippen LogP contribution is -2.24. The molecule has 0 amide bonds. The molecule has 2 aromatic rings. The molecule has 0 fully saturated rings. The maximum Gasteiger partial charge on any atom is 0.165 e. The van der Waals surface area contributed by atoms with E-state index in [1.165, 1.54) is 5.56 Å². The Labute approximate surface area is 125 Å². The molecular weight excluding hydrogens is 264 g/mol. The van der Waals surface area contributed by atoms with Crippen molar-refractivity contribution < 1.29 is 9.47 Å². The van der Waals surface area contributed by atoms with Crippen molar-refractivity contribution in [3.05, 3.63) is 47.7 Å². The van der Waals surface area contributed by atoms with Crippen LogP contribution in [-0.4, -0.2) is 17.6 Å². The summed E-state index contributed by atoms with van der Waals surface area (Å²) in [6, 6.07) is 9.98. The number of ether oxygens (including phenoxy) is 2. The number of rotatable bonds is 4. The van der Waals surface area contributed by atoms with E-state index in [-0.39, 0.29) is 5.60 Å². The summed E-state index contributed by atoms with van der Waals surface area (Å²) in [5, 5.41) is 3.07. The molecule has 0 saturated heterocycles. The molecule has 1 N–H and O–H groups in total. The molecule has 0 unspecified atom stereocenters. The first-order valence-electron chi connectivity index (χ1n) is 7.14. The zero-order valence-electron chi connectivity index (χ0n) is 12.6. The van der Waals surface area contributed by atoms with Crippen LogP contribution in [0.15, 0.2) is 36.5 Å². The number of fused-ring (bicyclic) bond motifs is 1. The van der Waals surface area contributed by atoms with Crippen molar-refractivity contribution in [2.24, 2.45) is 0 Å². The molecule has 4 heteroatoms. The molecule has 3 rings (SSSR count). The van der Waals surface area contributed by atoms with Crippen molar-refractivity contribution in [1.29, 1.82) is 0 Å². The zero-order valence-corrected chi connectivity index (χ0v) is 12.6. The normalized spacial score (nSPS) is 15.2. The lowest BCUT2D eigenvalue weighted by Gasteiger charge is -2.18. The van der Waals surface area contributed by atoms with E-state index in [1.54, 1.807) is 6.20 Å². The van der Waals surface area contributed by atoms with Crippen LogP contribution in [-0.2, 0) is 13.0 Å². The first kappa shape index (κ1) is 13.7. The van der Waals surface area contributed by atoms with Gasteiger partial charge in [0.15, 0.2) is 11.5 Å². The first-order chi connectivity index (χ1) is 10.1. The van der Waals surface area contributed by atoms with Crippen LogP contribution in [0.1, 0.15) is 25.0 Å². The van der Waals surface area contributed by atoms with E-state index in [0.29, 0.717) is 6.61 Å². The molecule has 0 atom stereocenters. The third-order valence-electron chi connectivity index (χ3n) is 3.57. The quantitative estimate of drug-likeness (QED) is 0.934. The van der Waals surface area contributed by atoms with Crippen LogP contribution >= 0.6 is 0 Å².